The zero-order valence-corrected chi connectivity index (χ0v) is 23.4. The number of rotatable bonds is 6. The molecule has 2 aliphatic carbocycles. The molecule has 1 amide bonds. The number of sulfonamides is 1. The lowest BCUT2D eigenvalue weighted by Gasteiger charge is -2.36. The van der Waals surface area contributed by atoms with E-state index in [1.807, 2.05) is 6.07 Å². The summed E-state index contributed by atoms with van der Waals surface area (Å²) in [6.07, 6.45) is 8.69. The van der Waals surface area contributed by atoms with E-state index in [1.165, 1.54) is 18.2 Å². The molecule has 2 saturated heterocycles. The lowest BCUT2D eigenvalue weighted by Crippen LogP contribution is -2.46. The summed E-state index contributed by atoms with van der Waals surface area (Å²) in [5, 5.41) is 12.8. The topological polar surface area (TPSA) is 129 Å². The molecule has 4 aliphatic rings. The first-order valence-electron chi connectivity index (χ1n) is 14.2. The molecule has 210 valence electrons. The van der Waals surface area contributed by atoms with Crippen molar-refractivity contribution in [1.29, 1.82) is 0 Å². The van der Waals surface area contributed by atoms with Gasteiger partial charge in [-0.25, -0.2) is 17.7 Å². The van der Waals surface area contributed by atoms with E-state index >= 15 is 0 Å². The van der Waals surface area contributed by atoms with E-state index in [9.17, 15) is 18.3 Å². The van der Waals surface area contributed by atoms with Gasteiger partial charge >= 0.3 is 0 Å². The van der Waals surface area contributed by atoms with Crippen LogP contribution in [0.1, 0.15) is 60.9 Å². The maximum atomic E-state index is 13.0. The second-order valence-corrected chi connectivity index (χ2v) is 14.1. The third-order valence-corrected chi connectivity index (χ3v) is 10.9. The van der Waals surface area contributed by atoms with Crippen LogP contribution in [0.4, 0.5) is 5.82 Å². The third-order valence-electron chi connectivity index (χ3n) is 9.57. The summed E-state index contributed by atoms with van der Waals surface area (Å²) >= 11 is 0. The number of nitrogens with one attached hydrogen (secondary N) is 1. The molecular formula is C29H39N5O4S. The first-order chi connectivity index (χ1) is 18.6. The number of aromatic nitrogens is 1. The average Bonchev–Trinajstić information content (AvgIpc) is 3.50. The van der Waals surface area contributed by atoms with Gasteiger partial charge in [0.05, 0.1) is 17.9 Å². The van der Waals surface area contributed by atoms with Gasteiger partial charge in [0.1, 0.15) is 5.82 Å². The van der Waals surface area contributed by atoms with Crippen LogP contribution in [0.15, 0.2) is 36.5 Å². The van der Waals surface area contributed by atoms with Crippen LogP contribution < -0.4 is 11.1 Å². The molecule has 2 atom stereocenters. The molecule has 2 aromatic rings. The highest BCUT2D eigenvalue weighted by Gasteiger charge is 2.61. The molecule has 9 nitrogen and oxygen atoms in total. The van der Waals surface area contributed by atoms with Gasteiger partial charge in [0.2, 0.25) is 10.0 Å². The summed E-state index contributed by atoms with van der Waals surface area (Å²) < 4.78 is 25.4. The number of nitrogen functional groups attached to an aromatic ring is 1. The first kappa shape index (κ1) is 26.7. The highest BCUT2D eigenvalue weighted by atomic mass is 32.2. The maximum Gasteiger partial charge on any atom is 0.255 e. The molecule has 1 aromatic carbocycles. The van der Waals surface area contributed by atoms with Gasteiger partial charge in [-0.3, -0.25) is 9.69 Å². The number of fused-ring (bicyclic) bond motifs is 1. The molecule has 6 rings (SSSR count). The number of nitrogens with two attached hydrogens (primary N) is 1. The van der Waals surface area contributed by atoms with Crippen molar-refractivity contribution in [2.75, 3.05) is 38.2 Å². The molecule has 1 aromatic heterocycles. The molecule has 0 bridgehead atoms. The Balaban J connectivity index is 1.11. The number of nitrogens with zero attached hydrogens (tertiary/aromatic N) is 3. The molecule has 4 fully saturated rings. The fourth-order valence-corrected chi connectivity index (χ4v) is 7.95. The fourth-order valence-electron chi connectivity index (χ4n) is 7.08. The number of aliphatic hydroxyl groups is 1. The summed E-state index contributed by atoms with van der Waals surface area (Å²) in [7, 11) is -3.10. The number of carbonyl (C=O) groups is 1. The molecule has 2 saturated carbocycles. The number of hydrogen-bond donors (Lipinski definition) is 3. The van der Waals surface area contributed by atoms with Crippen molar-refractivity contribution in [3.63, 3.8) is 0 Å². The smallest absolute Gasteiger partial charge is 0.255 e. The van der Waals surface area contributed by atoms with Crippen molar-refractivity contribution in [1.82, 2.24) is 19.5 Å². The highest BCUT2D eigenvalue weighted by molar-refractivity contribution is 7.88. The van der Waals surface area contributed by atoms with Gasteiger partial charge in [-0.1, -0.05) is 24.3 Å². The summed E-state index contributed by atoms with van der Waals surface area (Å²) in [4.78, 5) is 19.9. The van der Waals surface area contributed by atoms with E-state index in [4.69, 9.17) is 5.73 Å². The van der Waals surface area contributed by atoms with Gasteiger partial charge in [-0.05, 0) is 68.1 Å². The van der Waals surface area contributed by atoms with E-state index in [0.29, 0.717) is 43.5 Å². The van der Waals surface area contributed by atoms with E-state index in [0.717, 1.165) is 49.9 Å². The van der Waals surface area contributed by atoms with Gasteiger partial charge in [-0.15, -0.1) is 0 Å². The Bertz CT molecular complexity index is 1330. The standard InChI is InChI=1S/C29H39N5O4S/c1-39(37,38)34-12-10-24(11-13-34)33-17-22-15-29(22,18-33)21-4-2-19(3-5-21)20-14-26(27(30)31-16-20)28(36)32-23-6-8-25(35)9-7-23/h2-5,14,16,22-25,35H,6-13,15,17-18H2,1H3,(H2,30,31)(H,32,36). The van der Waals surface area contributed by atoms with Crippen molar-refractivity contribution in [3.8, 4) is 11.1 Å². The average molecular weight is 554 g/mol. The maximum absolute atomic E-state index is 13.0. The van der Waals surface area contributed by atoms with E-state index in [2.05, 4.69) is 39.5 Å². The van der Waals surface area contributed by atoms with Crippen molar-refractivity contribution in [2.24, 2.45) is 5.92 Å². The van der Waals surface area contributed by atoms with Crippen LogP contribution in [-0.2, 0) is 15.4 Å². The summed E-state index contributed by atoms with van der Waals surface area (Å²) in [6, 6.07) is 11.0. The largest absolute Gasteiger partial charge is 0.393 e. The second-order valence-electron chi connectivity index (χ2n) is 12.1. The minimum absolute atomic E-state index is 0.0483. The molecule has 2 aliphatic heterocycles. The molecule has 10 heteroatoms. The number of benzene rings is 1. The Morgan fingerprint density at radius 3 is 2.44 bits per heavy atom. The Morgan fingerprint density at radius 2 is 1.77 bits per heavy atom. The van der Waals surface area contributed by atoms with Crippen molar-refractivity contribution < 1.29 is 18.3 Å². The van der Waals surface area contributed by atoms with Crippen LogP contribution in [0.25, 0.3) is 11.1 Å². The van der Waals surface area contributed by atoms with Crippen LogP contribution in [-0.4, -0.2) is 84.2 Å². The molecule has 2 unspecified atom stereocenters. The Hall–Kier alpha value is -2.53. The van der Waals surface area contributed by atoms with E-state index < -0.39 is 10.0 Å². The van der Waals surface area contributed by atoms with Gasteiger partial charge in [-0.2, -0.15) is 0 Å². The Labute approximate surface area is 230 Å². The van der Waals surface area contributed by atoms with E-state index in [1.54, 1.807) is 10.5 Å². The quantitative estimate of drug-likeness (QED) is 0.501. The van der Waals surface area contributed by atoms with Gasteiger partial charge in [0.25, 0.3) is 5.91 Å². The number of piperidine rings is 2. The third kappa shape index (κ3) is 5.31. The number of likely N-dealkylation sites (tertiary alicyclic amines) is 1. The van der Waals surface area contributed by atoms with Gasteiger partial charge in [0.15, 0.2) is 0 Å². The Kier molecular flexibility index (Phi) is 6.94. The fraction of sp³-hybridized carbons (Fsp3) is 0.586. The zero-order valence-electron chi connectivity index (χ0n) is 22.6. The first-order valence-corrected chi connectivity index (χ1v) is 16.0. The van der Waals surface area contributed by atoms with Gasteiger partial charge in [0, 0.05) is 55.4 Å². The minimum atomic E-state index is -3.10. The zero-order chi connectivity index (χ0) is 27.4. The minimum Gasteiger partial charge on any atom is -0.393 e. The normalized spacial score (nSPS) is 30.2. The molecule has 0 spiro atoms. The Morgan fingerprint density at radius 1 is 1.08 bits per heavy atom. The molecule has 0 radical (unpaired) electrons. The summed E-state index contributed by atoms with van der Waals surface area (Å²) in [5.74, 6) is 0.663. The monoisotopic (exact) mass is 553 g/mol. The second kappa shape index (κ2) is 10.1. The van der Waals surface area contributed by atoms with Crippen LogP contribution in [0, 0.1) is 5.92 Å². The number of pyridine rings is 1. The van der Waals surface area contributed by atoms with Crippen LogP contribution in [0.3, 0.4) is 0 Å². The summed E-state index contributed by atoms with van der Waals surface area (Å²) in [5.41, 5.74) is 9.87. The number of carbonyl (C=O) groups excluding carboxylic acids is 1. The predicted octanol–water partition coefficient (Wildman–Crippen LogP) is 2.36. The van der Waals surface area contributed by atoms with Crippen LogP contribution >= 0.6 is 0 Å². The van der Waals surface area contributed by atoms with Crippen LogP contribution in [0.5, 0.6) is 0 Å². The lowest BCUT2D eigenvalue weighted by molar-refractivity contribution is 0.0868. The van der Waals surface area contributed by atoms with Crippen molar-refractivity contribution >= 4 is 21.7 Å². The number of anilines is 1. The van der Waals surface area contributed by atoms with E-state index in [-0.39, 0.29) is 29.3 Å². The van der Waals surface area contributed by atoms with Gasteiger partial charge < -0.3 is 16.2 Å². The number of amides is 1. The molecule has 4 N–H and O–H groups in total. The highest BCUT2D eigenvalue weighted by Crippen LogP contribution is 2.59. The molecular weight excluding hydrogens is 514 g/mol. The SMILES string of the molecule is CS(=O)(=O)N1CCC(N2CC3CC3(c3ccc(-c4cnc(N)c(C(=O)NC5CCC(O)CC5)c4)cc3)C2)CC1. The van der Waals surface area contributed by atoms with Crippen molar-refractivity contribution in [3.05, 3.63) is 47.7 Å². The lowest BCUT2D eigenvalue weighted by atomic mass is 9.92. The molecule has 39 heavy (non-hydrogen) atoms. The predicted molar refractivity (Wildman–Crippen MR) is 151 cm³/mol. The number of aliphatic hydroxyl groups excluding tert-OH is 1. The number of hydrogen-bond acceptors (Lipinski definition) is 7. The summed E-state index contributed by atoms with van der Waals surface area (Å²) in [6.45, 7) is 3.36. The van der Waals surface area contributed by atoms with Crippen molar-refractivity contribution in [2.45, 2.75) is 68.5 Å². The molecule has 3 heterocycles. The van der Waals surface area contributed by atoms with Crippen LogP contribution in [0.2, 0.25) is 0 Å².